The van der Waals surface area contributed by atoms with E-state index in [0.29, 0.717) is 12.1 Å². The van der Waals surface area contributed by atoms with Gasteiger partial charge in [-0.3, -0.25) is 0 Å². The van der Waals surface area contributed by atoms with Crippen LogP contribution in [0.5, 0.6) is 0 Å². The largest absolute Gasteiger partial charge is 0.0629 e. The fraction of sp³-hybridized carbons (Fsp3) is 0. The first-order chi connectivity index (χ1) is 6.77. The van der Waals surface area contributed by atoms with Crippen molar-refractivity contribution in [1.82, 2.24) is 0 Å². The Kier molecular flexibility index (Phi) is 1.38. The maximum absolute atomic E-state index is 7.72. The third-order valence-electron chi connectivity index (χ3n) is 1.74. The van der Waals surface area contributed by atoms with Gasteiger partial charge >= 0.3 is 0 Å². The van der Waals surface area contributed by atoms with Crippen LogP contribution in [0.2, 0.25) is 0 Å². The minimum atomic E-state index is 0.496. The van der Waals surface area contributed by atoms with Gasteiger partial charge in [0.05, 0.1) is 2.74 Å². The molecule has 0 bridgehead atoms. The average molecular weight is 156 g/mol. The van der Waals surface area contributed by atoms with Crippen LogP contribution < -0.4 is 0 Å². The second-order valence-electron chi connectivity index (χ2n) is 2.56. The van der Waals surface area contributed by atoms with Gasteiger partial charge in [-0.25, -0.2) is 0 Å². The van der Waals surface area contributed by atoms with Crippen LogP contribution in [0.4, 0.5) is 0 Å². The Balaban J connectivity index is 2.50. The minimum absolute atomic E-state index is 0.496. The van der Waals surface area contributed by atoms with Crippen LogP contribution in [0.3, 0.4) is 0 Å². The van der Waals surface area contributed by atoms with E-state index in [4.69, 9.17) is 2.74 Å². The predicted octanol–water partition coefficient (Wildman–Crippen LogP) is 3.35. The van der Waals surface area contributed by atoms with E-state index in [2.05, 4.69) is 0 Å². The zero-order chi connectivity index (χ0) is 9.97. The predicted molar refractivity (Wildman–Crippen MR) is 51.9 cm³/mol. The molecule has 0 heteroatoms. The highest BCUT2D eigenvalue weighted by molar-refractivity contribution is 5.62. The van der Waals surface area contributed by atoms with Gasteiger partial charge in [0.25, 0.3) is 0 Å². The first-order valence-corrected chi connectivity index (χ1v) is 3.90. The Labute approximate surface area is 75.3 Å². The van der Waals surface area contributed by atoms with E-state index in [-0.39, 0.29) is 0 Å². The normalized spacial score (nSPS) is 12.0. The van der Waals surface area contributed by atoms with Gasteiger partial charge < -0.3 is 0 Å². The van der Waals surface area contributed by atoms with Gasteiger partial charge in [-0.05, 0) is 11.1 Å². The van der Waals surface area contributed by atoms with Crippen LogP contribution in [0.15, 0.2) is 60.6 Å². The van der Waals surface area contributed by atoms with Gasteiger partial charge in [0, 0.05) is 0 Å². The smallest absolute Gasteiger partial charge is 0.0622 e. The summed E-state index contributed by atoms with van der Waals surface area (Å²) < 4.78 is 15.1. The van der Waals surface area contributed by atoms with E-state index in [9.17, 15) is 0 Å². The Hall–Kier alpha value is -1.56. The molecule has 0 amide bonds. The molecule has 58 valence electrons. The Morgan fingerprint density at radius 3 is 2.25 bits per heavy atom. The number of rotatable bonds is 1. The molecule has 0 saturated heterocycles. The maximum Gasteiger partial charge on any atom is 0.0629 e. The number of hydrogen-bond donors (Lipinski definition) is 0. The molecule has 0 radical (unpaired) electrons. The number of benzene rings is 2. The van der Waals surface area contributed by atoms with Gasteiger partial charge in [0.2, 0.25) is 0 Å². The topological polar surface area (TPSA) is 0 Å². The molecule has 2 aromatic carbocycles. The van der Waals surface area contributed by atoms with Crippen molar-refractivity contribution >= 4 is 0 Å². The Morgan fingerprint density at radius 1 is 0.750 bits per heavy atom. The van der Waals surface area contributed by atoms with Crippen molar-refractivity contribution in [3.63, 3.8) is 0 Å². The van der Waals surface area contributed by atoms with Gasteiger partial charge in [-0.1, -0.05) is 60.6 Å². The summed E-state index contributed by atoms with van der Waals surface area (Å²) in [7, 11) is 0. The summed E-state index contributed by atoms with van der Waals surface area (Å²) in [5.41, 5.74) is 1.90. The standard InChI is InChI=1S/C12H10/c1-3-7-11(8-4-1)12-9-5-2-6-10-12/h1-10H/i1D,9D. The third kappa shape index (κ3) is 1.37. The molecule has 0 atom stereocenters. The zero-order valence-electron chi connectivity index (χ0n) is 8.62. The monoisotopic (exact) mass is 156 g/mol. The van der Waals surface area contributed by atoms with Crippen molar-refractivity contribution in [2.75, 3.05) is 0 Å². The van der Waals surface area contributed by atoms with Crippen molar-refractivity contribution in [1.29, 1.82) is 0 Å². The van der Waals surface area contributed by atoms with E-state index in [1.807, 2.05) is 30.3 Å². The lowest BCUT2D eigenvalue weighted by molar-refractivity contribution is 1.62. The molecule has 12 heavy (non-hydrogen) atoms. The molecule has 0 aliphatic heterocycles. The second kappa shape index (κ2) is 3.22. The minimum Gasteiger partial charge on any atom is -0.0622 e. The van der Waals surface area contributed by atoms with E-state index < -0.39 is 0 Å². The van der Waals surface area contributed by atoms with E-state index >= 15 is 0 Å². The highest BCUT2D eigenvalue weighted by atomic mass is 14.0. The summed E-state index contributed by atoms with van der Waals surface area (Å²) in [6.07, 6.45) is 0. The fourth-order valence-electron chi connectivity index (χ4n) is 1.14. The van der Waals surface area contributed by atoms with Gasteiger partial charge in [-0.15, -0.1) is 0 Å². The summed E-state index contributed by atoms with van der Waals surface area (Å²) in [6, 6.07) is 15.7. The fourth-order valence-corrected chi connectivity index (χ4v) is 1.14. The van der Waals surface area contributed by atoms with Gasteiger partial charge in [-0.2, -0.15) is 0 Å². The SMILES string of the molecule is [2H]c1ccc(-c2ccccc2[2H])cc1. The van der Waals surface area contributed by atoms with Crippen molar-refractivity contribution in [2.24, 2.45) is 0 Å². The first-order valence-electron chi connectivity index (χ1n) is 4.90. The zero-order valence-corrected chi connectivity index (χ0v) is 6.62. The first kappa shape index (κ1) is 5.15. The van der Waals surface area contributed by atoms with E-state index in [1.54, 1.807) is 18.2 Å². The second-order valence-corrected chi connectivity index (χ2v) is 2.56. The van der Waals surface area contributed by atoms with Crippen molar-refractivity contribution in [3.05, 3.63) is 60.6 Å². The van der Waals surface area contributed by atoms with Crippen LogP contribution in [-0.2, 0) is 0 Å². The molecule has 0 saturated carbocycles. The van der Waals surface area contributed by atoms with Gasteiger partial charge in [0.1, 0.15) is 0 Å². The molecule has 2 rings (SSSR count). The molecule has 0 aliphatic carbocycles. The maximum atomic E-state index is 7.72. The molecule has 2 aromatic rings. The Morgan fingerprint density at radius 2 is 1.50 bits per heavy atom. The van der Waals surface area contributed by atoms with Gasteiger partial charge in [0.15, 0.2) is 0 Å². The summed E-state index contributed by atoms with van der Waals surface area (Å²) in [5.74, 6) is 0. The molecule has 0 N–H and O–H groups in total. The van der Waals surface area contributed by atoms with Crippen LogP contribution in [0, 0.1) is 0 Å². The molecule has 0 aromatic heterocycles. The van der Waals surface area contributed by atoms with E-state index in [1.165, 1.54) is 0 Å². The summed E-state index contributed by atoms with van der Waals surface area (Å²) in [5, 5.41) is 0. The van der Waals surface area contributed by atoms with Crippen LogP contribution in [0.25, 0.3) is 11.1 Å². The third-order valence-corrected chi connectivity index (χ3v) is 1.74. The molecule has 0 heterocycles. The Bertz CT molecular complexity index is 432. The average Bonchev–Trinajstić information content (AvgIpc) is 2.20. The molecule has 0 spiro atoms. The highest BCUT2D eigenvalue weighted by Crippen LogP contribution is 2.17. The van der Waals surface area contributed by atoms with Crippen LogP contribution in [0.1, 0.15) is 2.74 Å². The van der Waals surface area contributed by atoms with E-state index in [0.717, 1.165) is 11.1 Å². The molecule has 0 nitrogen and oxygen atoms in total. The molecule has 0 unspecified atom stereocenters. The molecular weight excluding hydrogens is 144 g/mol. The highest BCUT2D eigenvalue weighted by Gasteiger charge is 1.91. The number of hydrogen-bond acceptors (Lipinski definition) is 0. The van der Waals surface area contributed by atoms with Crippen LogP contribution >= 0.6 is 0 Å². The summed E-state index contributed by atoms with van der Waals surface area (Å²) in [4.78, 5) is 0. The molecule has 0 fully saturated rings. The van der Waals surface area contributed by atoms with Crippen molar-refractivity contribution in [2.45, 2.75) is 0 Å². The van der Waals surface area contributed by atoms with Crippen LogP contribution in [-0.4, -0.2) is 0 Å². The molecule has 0 aliphatic rings. The summed E-state index contributed by atoms with van der Waals surface area (Å²) >= 11 is 0. The van der Waals surface area contributed by atoms with Crippen molar-refractivity contribution < 1.29 is 2.74 Å². The lowest BCUT2D eigenvalue weighted by atomic mass is 10.1. The summed E-state index contributed by atoms with van der Waals surface area (Å²) in [6.45, 7) is 0. The quantitative estimate of drug-likeness (QED) is 0.594. The lowest BCUT2D eigenvalue weighted by Gasteiger charge is -1.98. The molecular formula is C12H10. The lowest BCUT2D eigenvalue weighted by Crippen LogP contribution is -1.73. The van der Waals surface area contributed by atoms with Crippen molar-refractivity contribution in [3.8, 4) is 11.1 Å².